The van der Waals surface area contributed by atoms with Gasteiger partial charge >= 0.3 is 0 Å². The molecule has 2 aromatic rings. The molecule has 2 aromatic carbocycles. The van der Waals surface area contributed by atoms with Gasteiger partial charge < -0.3 is 5.32 Å². The van der Waals surface area contributed by atoms with Crippen LogP contribution in [-0.4, -0.2) is 0 Å². The average Bonchev–Trinajstić information content (AvgIpc) is 2.39. The number of halogens is 2. The molecule has 0 bridgehead atoms. The van der Waals surface area contributed by atoms with Gasteiger partial charge in [0.05, 0.1) is 0 Å². The Hall–Kier alpha value is -1.90. The molecule has 0 radical (unpaired) electrons. The third-order valence-electron chi connectivity index (χ3n) is 3.24. The monoisotopic (exact) mass is 275 g/mol. The Labute approximate surface area is 118 Å². The van der Waals surface area contributed by atoms with Crippen LogP contribution in [0.5, 0.6) is 0 Å². The van der Waals surface area contributed by atoms with Crippen LogP contribution in [0.3, 0.4) is 0 Å². The van der Waals surface area contributed by atoms with Crippen LogP contribution in [0.25, 0.3) is 0 Å². The summed E-state index contributed by atoms with van der Waals surface area (Å²) in [6.07, 6.45) is 0. The Bertz CT molecular complexity index is 583. The van der Waals surface area contributed by atoms with Gasteiger partial charge in [-0.25, -0.2) is 8.78 Å². The lowest BCUT2D eigenvalue weighted by Crippen LogP contribution is -2.11. The Balaban J connectivity index is 2.06. The van der Waals surface area contributed by atoms with Gasteiger partial charge in [-0.15, -0.1) is 0 Å². The van der Waals surface area contributed by atoms with E-state index in [-0.39, 0.29) is 12.0 Å². The number of benzene rings is 2. The highest BCUT2D eigenvalue weighted by molar-refractivity contribution is 5.46. The molecule has 0 spiro atoms. The molecule has 0 heterocycles. The van der Waals surface area contributed by atoms with Crippen molar-refractivity contribution in [3.8, 4) is 0 Å². The summed E-state index contributed by atoms with van der Waals surface area (Å²) in [6, 6.07) is 11.5. The van der Waals surface area contributed by atoms with E-state index in [0.29, 0.717) is 5.56 Å². The van der Waals surface area contributed by atoms with Crippen molar-refractivity contribution in [3.05, 3.63) is 65.2 Å². The maximum absolute atomic E-state index is 13.5. The summed E-state index contributed by atoms with van der Waals surface area (Å²) in [5, 5.41) is 3.10. The smallest absolute Gasteiger partial charge is 0.128 e. The second kappa shape index (κ2) is 5.61. The van der Waals surface area contributed by atoms with E-state index in [0.717, 1.165) is 17.8 Å². The normalized spacial score (nSPS) is 11.4. The van der Waals surface area contributed by atoms with E-state index < -0.39 is 11.6 Å². The first-order chi connectivity index (χ1) is 9.36. The van der Waals surface area contributed by atoms with E-state index >= 15 is 0 Å². The van der Waals surface area contributed by atoms with E-state index in [4.69, 9.17) is 0 Å². The van der Waals surface area contributed by atoms with Crippen LogP contribution in [0.4, 0.5) is 14.5 Å². The first-order valence-corrected chi connectivity index (χ1v) is 6.64. The zero-order valence-corrected chi connectivity index (χ0v) is 12.0. The van der Waals surface area contributed by atoms with Crippen LogP contribution in [0.1, 0.15) is 31.9 Å². The molecule has 106 valence electrons. The summed E-state index contributed by atoms with van der Waals surface area (Å²) < 4.78 is 26.5. The standard InChI is InChI=1S/C17H19F2N/c1-17(2,3)13-4-7-15(8-5-13)20-11-12-10-14(18)6-9-16(12)19/h4-10,20H,11H2,1-3H3. The van der Waals surface area contributed by atoms with Gasteiger partial charge in [-0.1, -0.05) is 32.9 Å². The van der Waals surface area contributed by atoms with Gasteiger partial charge in [0, 0.05) is 17.8 Å². The topological polar surface area (TPSA) is 12.0 Å². The Kier molecular flexibility index (Phi) is 4.07. The zero-order valence-electron chi connectivity index (χ0n) is 12.0. The molecule has 0 aliphatic carbocycles. The lowest BCUT2D eigenvalue weighted by atomic mass is 9.87. The van der Waals surface area contributed by atoms with Gasteiger partial charge in [-0.05, 0) is 41.3 Å². The van der Waals surface area contributed by atoms with Crippen LogP contribution in [0, 0.1) is 11.6 Å². The first kappa shape index (κ1) is 14.5. The van der Waals surface area contributed by atoms with Crippen molar-refractivity contribution in [3.63, 3.8) is 0 Å². The van der Waals surface area contributed by atoms with Crippen molar-refractivity contribution >= 4 is 5.69 Å². The fourth-order valence-corrected chi connectivity index (χ4v) is 1.96. The third kappa shape index (κ3) is 3.56. The first-order valence-electron chi connectivity index (χ1n) is 6.64. The Morgan fingerprint density at radius 3 is 2.20 bits per heavy atom. The molecule has 0 atom stereocenters. The predicted octanol–water partition coefficient (Wildman–Crippen LogP) is 4.87. The minimum Gasteiger partial charge on any atom is -0.381 e. The number of nitrogens with one attached hydrogen (secondary N) is 1. The molecule has 0 aliphatic rings. The highest BCUT2D eigenvalue weighted by Crippen LogP contribution is 2.23. The molecule has 3 heteroatoms. The number of rotatable bonds is 3. The van der Waals surface area contributed by atoms with Crippen LogP contribution in [0.2, 0.25) is 0 Å². The van der Waals surface area contributed by atoms with Gasteiger partial charge in [-0.3, -0.25) is 0 Å². The maximum atomic E-state index is 13.5. The Morgan fingerprint density at radius 2 is 1.60 bits per heavy atom. The van der Waals surface area contributed by atoms with Crippen LogP contribution in [0.15, 0.2) is 42.5 Å². The molecular formula is C17H19F2N. The lowest BCUT2D eigenvalue weighted by molar-refractivity contribution is 0.587. The lowest BCUT2D eigenvalue weighted by Gasteiger charge is -2.19. The van der Waals surface area contributed by atoms with Crippen LogP contribution >= 0.6 is 0 Å². The van der Waals surface area contributed by atoms with Crippen molar-refractivity contribution in [1.29, 1.82) is 0 Å². The summed E-state index contributed by atoms with van der Waals surface area (Å²) in [4.78, 5) is 0. The molecule has 0 saturated heterocycles. The fourth-order valence-electron chi connectivity index (χ4n) is 1.96. The van der Waals surface area contributed by atoms with Crippen molar-refractivity contribution in [2.75, 3.05) is 5.32 Å². The summed E-state index contributed by atoms with van der Waals surface area (Å²) in [6.45, 7) is 6.71. The number of hydrogen-bond donors (Lipinski definition) is 1. The highest BCUT2D eigenvalue weighted by atomic mass is 19.1. The van der Waals surface area contributed by atoms with Crippen molar-refractivity contribution < 1.29 is 8.78 Å². The fraction of sp³-hybridized carbons (Fsp3) is 0.294. The predicted molar refractivity (Wildman–Crippen MR) is 78.8 cm³/mol. The molecule has 1 N–H and O–H groups in total. The van der Waals surface area contributed by atoms with Gasteiger partial charge in [-0.2, -0.15) is 0 Å². The minimum absolute atomic E-state index is 0.104. The van der Waals surface area contributed by atoms with Crippen molar-refractivity contribution in [2.45, 2.75) is 32.7 Å². The molecule has 0 aromatic heterocycles. The van der Waals surface area contributed by atoms with Gasteiger partial charge in [0.2, 0.25) is 0 Å². The van der Waals surface area contributed by atoms with E-state index in [1.807, 2.05) is 24.3 Å². The van der Waals surface area contributed by atoms with Crippen molar-refractivity contribution in [2.24, 2.45) is 0 Å². The molecule has 0 amide bonds. The summed E-state index contributed by atoms with van der Waals surface area (Å²) in [5.41, 5.74) is 2.55. The quantitative estimate of drug-likeness (QED) is 0.842. The molecule has 0 aliphatic heterocycles. The Morgan fingerprint density at radius 1 is 0.950 bits per heavy atom. The van der Waals surface area contributed by atoms with E-state index in [1.165, 1.54) is 11.6 Å². The summed E-state index contributed by atoms with van der Waals surface area (Å²) in [5.74, 6) is -0.823. The maximum Gasteiger partial charge on any atom is 0.128 e. The minimum atomic E-state index is -0.425. The molecule has 0 fully saturated rings. The van der Waals surface area contributed by atoms with Gasteiger partial charge in [0.15, 0.2) is 0 Å². The number of anilines is 1. The SMILES string of the molecule is CC(C)(C)c1ccc(NCc2cc(F)ccc2F)cc1. The van der Waals surface area contributed by atoms with Crippen LogP contribution in [-0.2, 0) is 12.0 Å². The number of hydrogen-bond acceptors (Lipinski definition) is 1. The average molecular weight is 275 g/mol. The molecule has 20 heavy (non-hydrogen) atoms. The van der Waals surface area contributed by atoms with E-state index in [9.17, 15) is 8.78 Å². The summed E-state index contributed by atoms with van der Waals surface area (Å²) >= 11 is 0. The third-order valence-corrected chi connectivity index (χ3v) is 3.24. The largest absolute Gasteiger partial charge is 0.381 e. The van der Waals surface area contributed by atoms with Gasteiger partial charge in [0.1, 0.15) is 11.6 Å². The second-order valence-corrected chi connectivity index (χ2v) is 5.92. The zero-order chi connectivity index (χ0) is 14.8. The van der Waals surface area contributed by atoms with Crippen molar-refractivity contribution in [1.82, 2.24) is 0 Å². The summed E-state index contributed by atoms with van der Waals surface area (Å²) in [7, 11) is 0. The van der Waals surface area contributed by atoms with Crippen LogP contribution < -0.4 is 5.32 Å². The van der Waals surface area contributed by atoms with E-state index in [2.05, 4.69) is 26.1 Å². The molecule has 2 rings (SSSR count). The molecule has 1 nitrogen and oxygen atoms in total. The molecule has 0 saturated carbocycles. The van der Waals surface area contributed by atoms with Gasteiger partial charge in [0.25, 0.3) is 0 Å². The van der Waals surface area contributed by atoms with E-state index in [1.54, 1.807) is 0 Å². The second-order valence-electron chi connectivity index (χ2n) is 5.92. The molecular weight excluding hydrogens is 256 g/mol. The highest BCUT2D eigenvalue weighted by Gasteiger charge is 2.12. The molecule has 0 unspecified atom stereocenters.